The van der Waals surface area contributed by atoms with Gasteiger partial charge in [-0.05, 0) is 36.1 Å². The van der Waals surface area contributed by atoms with E-state index in [1.807, 2.05) is 6.92 Å². The van der Waals surface area contributed by atoms with Gasteiger partial charge < -0.3 is 9.15 Å². The average Bonchev–Trinajstić information content (AvgIpc) is 3.17. The van der Waals surface area contributed by atoms with Gasteiger partial charge in [-0.1, -0.05) is 30.3 Å². The number of amidine groups is 1. The Kier molecular flexibility index (Phi) is 4.97. The third-order valence-electron chi connectivity index (χ3n) is 3.32. The van der Waals surface area contributed by atoms with Crippen molar-refractivity contribution in [2.24, 2.45) is 4.99 Å². The molecule has 24 heavy (non-hydrogen) atoms. The van der Waals surface area contributed by atoms with Crippen LogP contribution >= 0.6 is 23.4 Å². The maximum Gasteiger partial charge on any atom is 0.283 e. The maximum absolute atomic E-state index is 12.8. The number of furan rings is 1. The van der Waals surface area contributed by atoms with Crippen LogP contribution in [0, 0.1) is 0 Å². The van der Waals surface area contributed by atoms with Crippen LogP contribution in [0.4, 0.5) is 5.69 Å². The summed E-state index contributed by atoms with van der Waals surface area (Å²) in [6, 6.07) is 8.74. The number of anilines is 1. The number of amides is 1. The van der Waals surface area contributed by atoms with Crippen LogP contribution in [0.25, 0.3) is 6.08 Å². The highest BCUT2D eigenvalue weighted by Crippen LogP contribution is 2.34. The van der Waals surface area contributed by atoms with Crippen molar-refractivity contribution >= 4 is 46.2 Å². The summed E-state index contributed by atoms with van der Waals surface area (Å²) >= 11 is 7.68. The van der Waals surface area contributed by atoms with E-state index in [2.05, 4.69) is 4.99 Å². The lowest BCUT2D eigenvalue weighted by Gasteiger charge is -2.18. The van der Waals surface area contributed by atoms with Crippen molar-refractivity contribution < 1.29 is 13.9 Å². The summed E-state index contributed by atoms with van der Waals surface area (Å²) in [5.74, 6) is 1.71. The summed E-state index contributed by atoms with van der Waals surface area (Å²) in [5, 5.41) is 1.05. The molecule has 5 nitrogen and oxygen atoms in total. The molecule has 0 radical (unpaired) electrons. The number of aliphatic imine (C=N–C) groups is 1. The average molecular weight is 363 g/mol. The van der Waals surface area contributed by atoms with Crippen LogP contribution in [0.3, 0.4) is 0 Å². The van der Waals surface area contributed by atoms with Crippen LogP contribution in [0.5, 0.6) is 5.75 Å². The molecule has 1 aromatic heterocycles. The van der Waals surface area contributed by atoms with E-state index in [1.54, 1.807) is 54.7 Å². The zero-order valence-corrected chi connectivity index (χ0v) is 14.7. The summed E-state index contributed by atoms with van der Waals surface area (Å²) in [6.45, 7) is 2.01. The molecule has 0 N–H and O–H groups in total. The van der Waals surface area contributed by atoms with Gasteiger partial charge in [0.15, 0.2) is 5.17 Å². The second-order valence-electron chi connectivity index (χ2n) is 4.83. The molecule has 124 valence electrons. The van der Waals surface area contributed by atoms with E-state index in [4.69, 9.17) is 20.8 Å². The van der Waals surface area contributed by atoms with E-state index < -0.39 is 0 Å². The molecule has 2 heterocycles. The highest BCUT2D eigenvalue weighted by Gasteiger charge is 2.32. The molecule has 1 aromatic carbocycles. The minimum atomic E-state index is -0.219. The number of carbonyl (C=O) groups is 1. The van der Waals surface area contributed by atoms with Gasteiger partial charge in [0.05, 0.1) is 24.1 Å². The first-order chi connectivity index (χ1) is 11.6. The predicted molar refractivity (Wildman–Crippen MR) is 97.7 cm³/mol. The van der Waals surface area contributed by atoms with E-state index in [-0.39, 0.29) is 5.91 Å². The summed E-state index contributed by atoms with van der Waals surface area (Å²) < 4.78 is 10.4. The molecular formula is C17H15ClN2O3S. The number of halogens is 1. The zero-order valence-electron chi connectivity index (χ0n) is 13.2. The number of nitrogens with zero attached hydrogens (tertiary/aromatic N) is 2. The maximum atomic E-state index is 12.8. The molecular weight excluding hydrogens is 348 g/mol. The fourth-order valence-electron chi connectivity index (χ4n) is 2.25. The van der Waals surface area contributed by atoms with Crippen LogP contribution in [0.15, 0.2) is 51.7 Å². The van der Waals surface area contributed by atoms with Crippen LogP contribution < -0.4 is 9.64 Å². The van der Waals surface area contributed by atoms with Gasteiger partial charge in [-0.3, -0.25) is 9.69 Å². The van der Waals surface area contributed by atoms with Crippen molar-refractivity contribution in [3.63, 3.8) is 0 Å². The van der Waals surface area contributed by atoms with E-state index in [9.17, 15) is 4.79 Å². The standard InChI is InChI=1S/C17H15ClN2O3S/c1-3-24-17-19-14(10-12-5-4-8-23-12)16(21)20(17)11-6-7-15(22-2)13(18)9-11/h4-10H,3H2,1-2H3. The SMILES string of the molecule is CCSC1=NC(=Cc2ccco2)C(=O)N1c1ccc(OC)c(Cl)c1. The van der Waals surface area contributed by atoms with Crippen molar-refractivity contribution in [2.45, 2.75) is 6.92 Å². The quantitative estimate of drug-likeness (QED) is 0.754. The van der Waals surface area contributed by atoms with E-state index in [1.165, 1.54) is 11.8 Å². The Morgan fingerprint density at radius 3 is 2.88 bits per heavy atom. The molecule has 3 rings (SSSR count). The first-order valence-electron chi connectivity index (χ1n) is 7.28. The minimum Gasteiger partial charge on any atom is -0.495 e. The van der Waals surface area contributed by atoms with Crippen molar-refractivity contribution in [3.05, 3.63) is 53.1 Å². The number of rotatable bonds is 4. The second kappa shape index (κ2) is 7.15. The van der Waals surface area contributed by atoms with Gasteiger partial charge in [-0.2, -0.15) is 0 Å². The number of carbonyl (C=O) groups excluding carboxylic acids is 1. The molecule has 0 spiro atoms. The summed E-state index contributed by atoms with van der Waals surface area (Å²) in [5.41, 5.74) is 0.973. The highest BCUT2D eigenvalue weighted by atomic mass is 35.5. The van der Waals surface area contributed by atoms with Gasteiger partial charge in [0.25, 0.3) is 5.91 Å². The molecule has 0 aliphatic carbocycles. The van der Waals surface area contributed by atoms with Crippen molar-refractivity contribution in [1.29, 1.82) is 0 Å². The van der Waals surface area contributed by atoms with E-state index in [0.717, 1.165) is 5.75 Å². The molecule has 1 amide bonds. The molecule has 0 saturated carbocycles. The van der Waals surface area contributed by atoms with Crippen molar-refractivity contribution in [2.75, 3.05) is 17.8 Å². The van der Waals surface area contributed by atoms with Gasteiger partial charge in [0.1, 0.15) is 17.2 Å². The Bertz CT molecular complexity index is 815. The van der Waals surface area contributed by atoms with Gasteiger partial charge in [0.2, 0.25) is 0 Å². The largest absolute Gasteiger partial charge is 0.495 e. The Morgan fingerprint density at radius 1 is 1.42 bits per heavy atom. The number of hydrogen-bond donors (Lipinski definition) is 0. The molecule has 0 saturated heterocycles. The van der Waals surface area contributed by atoms with Gasteiger partial charge in [0, 0.05) is 6.08 Å². The normalized spacial score (nSPS) is 16.0. The molecule has 2 aromatic rings. The van der Waals surface area contributed by atoms with E-state index >= 15 is 0 Å². The number of ether oxygens (including phenoxy) is 1. The number of hydrogen-bond acceptors (Lipinski definition) is 5. The lowest BCUT2D eigenvalue weighted by Crippen LogP contribution is -2.30. The minimum absolute atomic E-state index is 0.219. The topological polar surface area (TPSA) is 55.0 Å². The smallest absolute Gasteiger partial charge is 0.283 e. The van der Waals surface area contributed by atoms with Crippen LogP contribution in [0.1, 0.15) is 12.7 Å². The number of methoxy groups -OCH3 is 1. The van der Waals surface area contributed by atoms with Crippen LogP contribution in [-0.2, 0) is 4.79 Å². The lowest BCUT2D eigenvalue weighted by atomic mass is 10.2. The van der Waals surface area contributed by atoms with Gasteiger partial charge >= 0.3 is 0 Å². The Morgan fingerprint density at radius 2 is 2.25 bits per heavy atom. The van der Waals surface area contributed by atoms with Crippen molar-refractivity contribution in [3.8, 4) is 5.75 Å². The van der Waals surface area contributed by atoms with Crippen LogP contribution in [-0.4, -0.2) is 23.9 Å². The summed E-state index contributed by atoms with van der Waals surface area (Å²) in [4.78, 5) is 18.8. The molecule has 0 unspecified atom stereocenters. The number of thioether (sulfide) groups is 1. The molecule has 0 fully saturated rings. The third-order valence-corrected chi connectivity index (χ3v) is 4.43. The predicted octanol–water partition coefficient (Wildman–Crippen LogP) is 4.44. The molecule has 1 aliphatic heterocycles. The Balaban J connectivity index is 1.99. The monoisotopic (exact) mass is 362 g/mol. The first kappa shape index (κ1) is 16.7. The molecule has 1 aliphatic rings. The molecule has 0 bridgehead atoms. The van der Waals surface area contributed by atoms with Crippen LogP contribution in [0.2, 0.25) is 5.02 Å². The second-order valence-corrected chi connectivity index (χ2v) is 6.47. The Hall–Kier alpha value is -2.18. The van der Waals surface area contributed by atoms with E-state index in [0.29, 0.717) is 33.1 Å². The zero-order chi connectivity index (χ0) is 17.1. The van der Waals surface area contributed by atoms with Crippen molar-refractivity contribution in [1.82, 2.24) is 0 Å². The molecule has 7 heteroatoms. The number of benzene rings is 1. The highest BCUT2D eigenvalue weighted by molar-refractivity contribution is 8.14. The fourth-order valence-corrected chi connectivity index (χ4v) is 3.24. The fraction of sp³-hybridized carbons (Fsp3) is 0.176. The van der Waals surface area contributed by atoms with Gasteiger partial charge in [-0.15, -0.1) is 0 Å². The third kappa shape index (κ3) is 3.20. The van der Waals surface area contributed by atoms with Gasteiger partial charge in [-0.25, -0.2) is 4.99 Å². The Labute approximate surface area is 148 Å². The summed E-state index contributed by atoms with van der Waals surface area (Å²) in [6.07, 6.45) is 3.18. The first-order valence-corrected chi connectivity index (χ1v) is 8.65. The summed E-state index contributed by atoms with van der Waals surface area (Å²) in [7, 11) is 1.55. The molecule has 0 atom stereocenters. The lowest BCUT2D eigenvalue weighted by molar-refractivity contribution is -0.113.